The van der Waals surface area contributed by atoms with Gasteiger partial charge >= 0.3 is 0 Å². The Morgan fingerprint density at radius 3 is 2.97 bits per heavy atom. The molecule has 0 saturated carbocycles. The monoisotopic (exact) mass is 505 g/mol. The Bertz CT molecular complexity index is 1210. The average Bonchev–Trinajstić information content (AvgIpc) is 3.29. The number of ether oxygens (including phenoxy) is 2. The van der Waals surface area contributed by atoms with E-state index in [1.165, 1.54) is 22.9 Å². The summed E-state index contributed by atoms with van der Waals surface area (Å²) in [5.74, 6) is -0.0655. The molecule has 1 aliphatic rings. The molecule has 1 aromatic carbocycles. The van der Waals surface area contributed by atoms with Crippen molar-refractivity contribution >= 4 is 28.8 Å². The Balaban J connectivity index is 1.74. The quantitative estimate of drug-likeness (QED) is 0.484. The molecular formula is C24H29ClFN5O4. The van der Waals surface area contributed by atoms with Crippen LogP contribution in [-0.2, 0) is 11.3 Å². The van der Waals surface area contributed by atoms with E-state index >= 15 is 0 Å². The second kappa shape index (κ2) is 10.3. The molecule has 11 heteroatoms. The van der Waals surface area contributed by atoms with E-state index in [2.05, 4.69) is 15.4 Å². The van der Waals surface area contributed by atoms with E-state index in [0.717, 1.165) is 5.56 Å². The van der Waals surface area contributed by atoms with Crippen molar-refractivity contribution in [3.8, 4) is 5.75 Å². The maximum absolute atomic E-state index is 14.0. The second-order valence-corrected chi connectivity index (χ2v) is 9.45. The largest absolute Gasteiger partial charge is 0.491 e. The zero-order chi connectivity index (χ0) is 25.2. The van der Waals surface area contributed by atoms with E-state index in [1.807, 2.05) is 25.1 Å². The Kier molecular flexibility index (Phi) is 7.44. The number of hydrogen-bond donors (Lipinski definition) is 2. The van der Waals surface area contributed by atoms with Crippen LogP contribution in [0.2, 0.25) is 5.02 Å². The summed E-state index contributed by atoms with van der Waals surface area (Å²) in [4.78, 5) is 19.6. The Hall–Kier alpha value is -2.95. The zero-order valence-corrected chi connectivity index (χ0v) is 20.6. The summed E-state index contributed by atoms with van der Waals surface area (Å²) >= 11 is 6.13. The fourth-order valence-corrected chi connectivity index (χ4v) is 4.70. The maximum atomic E-state index is 14.0. The van der Waals surface area contributed by atoms with Crippen LogP contribution in [0.5, 0.6) is 5.75 Å². The molecule has 2 N–H and O–H groups in total. The minimum absolute atomic E-state index is 0.0272. The molecule has 35 heavy (non-hydrogen) atoms. The van der Waals surface area contributed by atoms with Gasteiger partial charge < -0.3 is 24.8 Å². The molecule has 188 valence electrons. The van der Waals surface area contributed by atoms with Crippen LogP contribution >= 0.6 is 11.6 Å². The van der Waals surface area contributed by atoms with Gasteiger partial charge in [0.05, 0.1) is 49.3 Å². The van der Waals surface area contributed by atoms with Crippen LogP contribution in [0, 0.1) is 0 Å². The molecule has 3 aromatic rings. The molecule has 1 aliphatic heterocycles. The standard InChI is InChI=1S/C24H29ClFN5O4/c1-15(32)8-24(2)13-30(18(9-26)12-35-24)23(33)19-11-31-22(28-14-29-31)21(34-3)20(19)27-10-16-5-4-6-17(25)7-16/h4-7,11,14-15,18,27,32H,8-10,12-13H2,1-3H3. The Morgan fingerprint density at radius 2 is 2.29 bits per heavy atom. The third-order valence-corrected chi connectivity index (χ3v) is 6.29. The summed E-state index contributed by atoms with van der Waals surface area (Å²) in [5, 5.41) is 18.0. The van der Waals surface area contributed by atoms with Crippen molar-refractivity contribution in [3.05, 3.63) is 52.9 Å². The summed E-state index contributed by atoms with van der Waals surface area (Å²) < 4.78 is 26.9. The van der Waals surface area contributed by atoms with Gasteiger partial charge in [0.15, 0.2) is 11.4 Å². The lowest BCUT2D eigenvalue weighted by Gasteiger charge is -2.45. The highest BCUT2D eigenvalue weighted by Crippen LogP contribution is 2.35. The van der Waals surface area contributed by atoms with Gasteiger partial charge in [-0.3, -0.25) is 4.79 Å². The molecule has 0 radical (unpaired) electrons. The number of aromatic nitrogens is 3. The van der Waals surface area contributed by atoms with Crippen LogP contribution in [-0.4, -0.2) is 75.2 Å². The highest BCUT2D eigenvalue weighted by atomic mass is 35.5. The van der Waals surface area contributed by atoms with Crippen molar-refractivity contribution in [1.82, 2.24) is 19.5 Å². The number of aliphatic hydroxyl groups excluding tert-OH is 1. The molecule has 3 unspecified atom stereocenters. The number of carbonyl (C=O) groups excluding carboxylic acids is 1. The number of nitrogens with one attached hydrogen (secondary N) is 1. The number of carbonyl (C=O) groups is 1. The van der Waals surface area contributed by atoms with Crippen molar-refractivity contribution in [2.45, 2.75) is 44.6 Å². The van der Waals surface area contributed by atoms with Gasteiger partial charge in [-0.15, -0.1) is 0 Å². The van der Waals surface area contributed by atoms with Gasteiger partial charge in [-0.05, 0) is 31.5 Å². The number of amides is 1. The number of fused-ring (bicyclic) bond motifs is 1. The minimum atomic E-state index is -0.814. The second-order valence-electron chi connectivity index (χ2n) is 9.02. The summed E-state index contributed by atoms with van der Waals surface area (Å²) in [6, 6.07) is 6.59. The third-order valence-electron chi connectivity index (χ3n) is 6.05. The predicted octanol–water partition coefficient (Wildman–Crippen LogP) is 3.34. The highest BCUT2D eigenvalue weighted by Gasteiger charge is 2.41. The number of pyridine rings is 1. The number of rotatable bonds is 8. The van der Waals surface area contributed by atoms with E-state index < -0.39 is 30.3 Å². The van der Waals surface area contributed by atoms with Crippen molar-refractivity contribution in [2.24, 2.45) is 0 Å². The number of alkyl halides is 1. The molecule has 3 heterocycles. The zero-order valence-electron chi connectivity index (χ0n) is 19.9. The Morgan fingerprint density at radius 1 is 1.49 bits per heavy atom. The van der Waals surface area contributed by atoms with E-state index in [1.54, 1.807) is 19.2 Å². The molecule has 1 amide bonds. The number of aliphatic hydroxyl groups is 1. The van der Waals surface area contributed by atoms with Gasteiger partial charge in [-0.2, -0.15) is 5.10 Å². The van der Waals surface area contributed by atoms with E-state index in [9.17, 15) is 14.3 Å². The topological polar surface area (TPSA) is 101 Å². The van der Waals surface area contributed by atoms with Crippen LogP contribution in [0.1, 0.15) is 36.2 Å². The van der Waals surface area contributed by atoms with E-state index in [-0.39, 0.29) is 18.7 Å². The number of morpholine rings is 1. The fourth-order valence-electron chi connectivity index (χ4n) is 4.49. The molecule has 0 spiro atoms. The Labute approximate surface area is 207 Å². The lowest BCUT2D eigenvalue weighted by molar-refractivity contribution is -0.130. The molecule has 9 nitrogen and oxygen atoms in total. The van der Waals surface area contributed by atoms with Crippen LogP contribution < -0.4 is 10.1 Å². The van der Waals surface area contributed by atoms with Crippen molar-refractivity contribution in [2.75, 3.05) is 32.3 Å². The number of hydrogen-bond acceptors (Lipinski definition) is 7. The highest BCUT2D eigenvalue weighted by molar-refractivity contribution is 6.30. The fraction of sp³-hybridized carbons (Fsp3) is 0.458. The minimum Gasteiger partial charge on any atom is -0.491 e. The van der Waals surface area contributed by atoms with E-state index in [0.29, 0.717) is 35.1 Å². The molecule has 1 saturated heterocycles. The normalized spacial score (nSPS) is 21.2. The molecule has 4 rings (SSSR count). The molecule has 3 atom stereocenters. The molecule has 0 aliphatic carbocycles. The van der Waals surface area contributed by atoms with Crippen LogP contribution in [0.15, 0.2) is 36.8 Å². The first-order valence-electron chi connectivity index (χ1n) is 11.3. The first-order chi connectivity index (χ1) is 16.7. The lowest BCUT2D eigenvalue weighted by atomic mass is 9.94. The SMILES string of the molecule is COc1c(NCc2cccc(Cl)c2)c(C(=O)N2CC(C)(CC(C)O)OCC2CF)cn2ncnc12. The van der Waals surface area contributed by atoms with Gasteiger partial charge in [0.2, 0.25) is 0 Å². The number of halogens is 2. The van der Waals surface area contributed by atoms with Crippen LogP contribution in [0.3, 0.4) is 0 Å². The molecular weight excluding hydrogens is 477 g/mol. The summed E-state index contributed by atoms with van der Waals surface area (Å²) in [5.41, 5.74) is 1.18. The third kappa shape index (κ3) is 5.34. The predicted molar refractivity (Wildman–Crippen MR) is 130 cm³/mol. The first kappa shape index (κ1) is 25.2. The number of benzene rings is 1. The molecule has 1 fully saturated rings. The van der Waals surface area contributed by atoms with Gasteiger partial charge in [0, 0.05) is 24.2 Å². The number of anilines is 1. The smallest absolute Gasteiger partial charge is 0.258 e. The van der Waals surface area contributed by atoms with Gasteiger partial charge in [0.1, 0.15) is 13.0 Å². The molecule has 0 bridgehead atoms. The molecule has 2 aromatic heterocycles. The summed E-state index contributed by atoms with van der Waals surface area (Å²) in [6.07, 6.45) is 2.59. The number of nitrogens with zero attached hydrogens (tertiary/aromatic N) is 4. The average molecular weight is 506 g/mol. The number of methoxy groups -OCH3 is 1. The van der Waals surface area contributed by atoms with Crippen molar-refractivity contribution in [3.63, 3.8) is 0 Å². The summed E-state index contributed by atoms with van der Waals surface area (Å²) in [7, 11) is 1.49. The van der Waals surface area contributed by atoms with E-state index in [4.69, 9.17) is 21.1 Å². The summed E-state index contributed by atoms with van der Waals surface area (Å²) in [6.45, 7) is 3.22. The van der Waals surface area contributed by atoms with Crippen LogP contribution in [0.25, 0.3) is 5.65 Å². The van der Waals surface area contributed by atoms with Gasteiger partial charge in [-0.25, -0.2) is 13.9 Å². The van der Waals surface area contributed by atoms with Crippen molar-refractivity contribution in [1.29, 1.82) is 0 Å². The van der Waals surface area contributed by atoms with Crippen LogP contribution in [0.4, 0.5) is 10.1 Å². The van der Waals surface area contributed by atoms with Crippen molar-refractivity contribution < 1.29 is 23.8 Å². The van der Waals surface area contributed by atoms with Gasteiger partial charge in [-0.1, -0.05) is 23.7 Å². The first-order valence-corrected chi connectivity index (χ1v) is 11.7. The van der Waals surface area contributed by atoms with Gasteiger partial charge in [0.25, 0.3) is 5.91 Å². The lowest BCUT2D eigenvalue weighted by Crippen LogP contribution is -2.58. The maximum Gasteiger partial charge on any atom is 0.258 e.